The van der Waals surface area contributed by atoms with Gasteiger partial charge in [-0.2, -0.15) is 0 Å². The number of phosphoric acid groups is 1. The molecule has 147 heavy (non-hydrogen) atoms. The van der Waals surface area contributed by atoms with Gasteiger partial charge in [0.05, 0.1) is 147 Å². The molecule has 0 aromatic heterocycles. The fourth-order valence-electron chi connectivity index (χ4n) is 16.7. The number of ether oxygens (including phenoxy) is 7. The molecule has 0 aliphatic carbocycles. The Morgan fingerprint density at radius 3 is 1.75 bits per heavy atom. The van der Waals surface area contributed by atoms with Crippen molar-refractivity contribution in [3.63, 3.8) is 0 Å². The molecule has 3 aromatic carbocycles. The average molecular weight is 2110 g/mol. The quantitative estimate of drug-likeness (QED) is 0.0149. The van der Waals surface area contributed by atoms with Gasteiger partial charge in [0.15, 0.2) is 0 Å². The first kappa shape index (κ1) is 124. The Kier molecular flexibility index (Phi) is 54.1. The number of phosphoric ester groups is 1. The second-order valence-electron chi connectivity index (χ2n) is 36.8. The van der Waals surface area contributed by atoms with Crippen LogP contribution in [0.4, 0.5) is 5.69 Å². The first-order chi connectivity index (χ1) is 69.8. The number of hydrogen-bond donors (Lipinski definition) is 16. The number of rotatable bonds is 69. The number of nitrogens with one attached hydrogen (secondary N) is 12. The van der Waals surface area contributed by atoms with Crippen LogP contribution in [0.25, 0.3) is 0 Å². The van der Waals surface area contributed by atoms with Gasteiger partial charge in [-0.15, -0.1) is 0 Å². The highest BCUT2D eigenvalue weighted by Crippen LogP contribution is 2.50. The van der Waals surface area contributed by atoms with Crippen LogP contribution in [-0.4, -0.2) is 354 Å². The fraction of sp³-hybridized carbons (Fsp3) is 0.619. The van der Waals surface area contributed by atoms with E-state index in [1.807, 2.05) is 60.5 Å². The van der Waals surface area contributed by atoms with Crippen LogP contribution in [0.15, 0.2) is 97.1 Å². The summed E-state index contributed by atoms with van der Waals surface area (Å²) in [5.74, 6) is -13.3. The summed E-state index contributed by atoms with van der Waals surface area (Å²) in [6.07, 6.45) is -0.978. The third-order valence-corrected chi connectivity index (χ3v) is 26.4. The monoisotopic (exact) mass is 2110 g/mol. The molecule has 6 rings (SSSR count). The number of carbonyl (C=O) groups is 17. The van der Waals surface area contributed by atoms with Crippen LogP contribution in [0.1, 0.15) is 149 Å². The fourth-order valence-corrected chi connectivity index (χ4v) is 18.2. The number of esters is 1. The second-order valence-corrected chi connectivity index (χ2v) is 40.0. The van der Waals surface area contributed by atoms with Crippen LogP contribution >= 0.6 is 15.4 Å². The number of carbonyl (C=O) groups excluding carboxylic acids is 17. The highest BCUT2D eigenvalue weighted by atomic mass is 31.2. The van der Waals surface area contributed by atoms with Gasteiger partial charge in [-0.25, -0.2) is 9.36 Å². The third kappa shape index (κ3) is 43.3. The smallest absolute Gasteiger partial charge is 0.464 e. The third-order valence-electron chi connectivity index (χ3n) is 24.6. The number of unbranched alkanes of at least 4 members (excludes halogenated alkanes) is 1. The standard InChI is InChI=1S/C97H149N17O31P2/c1-14-62(6)87(112(11)96(130)85(60(2)3)110-95(129)86(61(4)5)111(9)10)75(137-12)54-84(123)113-41-23-29-73(113)88(138-13)63(7)90(124)104-64(8)89(67-26-19-16-20-27-67)145-147(135,136)144-59-66-30-32-68(33-31-66)105-80(119)58-103-92(126)71(52-65-24-17-15-18-25-65)108-81(120)57-101-79(118)56-102-91(125)69(28-21-22-39-98)109-93(127)72(53-78(117)106-70-36-43-143-97(70)131)107-77(116)37-42-139-45-47-141-49-50-142-48-46-140-44-40-99-94(128)74(114-82(121)34-35-83(114)122)55-100-76(115)38-51-146(132,133)134/h15-20,24-27,30-35,60-64,69-75,85-89H,14,21-23,28-29,36-59,98H2,1-13H3,(H,99,128)(H,100,115)(H,101,118)(H,102,125)(H,103,126)(H,104,124)(H,105,119)(H,106,117)(H,107,116)(H,108,120)(H,109,127)(H,110,129)(H,135,136)(H2,132,133,134)/t62-,63+,64+,69-,70-,71-,72-,73-,74-,75+,85-,86-,87-,88+,89+/m0/s1. The van der Waals surface area contributed by atoms with E-state index in [2.05, 4.69) is 63.8 Å². The molecule has 818 valence electrons. The lowest BCUT2D eigenvalue weighted by molar-refractivity contribution is -0.148. The molecule has 0 radical (unpaired) electrons. The van der Waals surface area contributed by atoms with E-state index in [1.165, 1.54) is 38.5 Å². The number of amides is 16. The van der Waals surface area contributed by atoms with Gasteiger partial charge in [0, 0.05) is 84.4 Å². The van der Waals surface area contributed by atoms with Crippen LogP contribution in [0.2, 0.25) is 0 Å². The highest BCUT2D eigenvalue weighted by molar-refractivity contribution is 7.51. The largest absolute Gasteiger partial charge is 0.473 e. The number of nitrogens with two attached hydrogens (primary N) is 1. The molecule has 0 spiro atoms. The lowest BCUT2D eigenvalue weighted by Crippen LogP contribution is -2.59. The zero-order valence-electron chi connectivity index (χ0n) is 85.8. The van der Waals surface area contributed by atoms with Crippen LogP contribution in [0, 0.1) is 23.7 Å². The molecule has 3 heterocycles. The van der Waals surface area contributed by atoms with Gasteiger partial charge in [-0.3, -0.25) is 100 Å². The molecule has 2 saturated heterocycles. The number of methoxy groups -OCH3 is 2. The molecular formula is C97H149N17O31P2. The molecule has 50 heteroatoms. The topological polar surface area (TPSA) is 651 Å². The Morgan fingerprint density at radius 2 is 1.17 bits per heavy atom. The van der Waals surface area contributed by atoms with Crippen molar-refractivity contribution >= 4 is 122 Å². The number of likely N-dealkylation sites (tertiary alicyclic amines) is 1. The van der Waals surface area contributed by atoms with E-state index < -0.39 is 235 Å². The first-order valence-electron chi connectivity index (χ1n) is 49.2. The van der Waals surface area contributed by atoms with E-state index >= 15 is 0 Å². The van der Waals surface area contributed by atoms with Crippen LogP contribution < -0.4 is 69.5 Å². The Bertz CT molecular complexity index is 4920. The van der Waals surface area contributed by atoms with Crippen molar-refractivity contribution in [2.24, 2.45) is 29.4 Å². The van der Waals surface area contributed by atoms with Crippen molar-refractivity contribution in [3.05, 3.63) is 114 Å². The van der Waals surface area contributed by atoms with Gasteiger partial charge in [0.1, 0.15) is 42.4 Å². The van der Waals surface area contributed by atoms with Crippen molar-refractivity contribution in [1.82, 2.24) is 78.1 Å². The summed E-state index contributed by atoms with van der Waals surface area (Å²) in [7, 11) is -1.20. The molecular weight excluding hydrogens is 1960 g/mol. The summed E-state index contributed by atoms with van der Waals surface area (Å²) in [5.41, 5.74) is 7.37. The summed E-state index contributed by atoms with van der Waals surface area (Å²) in [4.78, 5) is 263. The minimum absolute atomic E-state index is 0.0118. The average Bonchev–Trinajstić information content (AvgIpc) is 1.77. The number of anilines is 1. The number of cyclic esters (lactones) is 1. The first-order valence-corrected chi connectivity index (χ1v) is 52.4. The molecule has 3 aliphatic heterocycles. The Hall–Kier alpha value is -11.5. The van der Waals surface area contributed by atoms with Gasteiger partial charge in [-0.1, -0.05) is 128 Å². The van der Waals surface area contributed by atoms with Gasteiger partial charge in [0.2, 0.25) is 82.7 Å². The predicted molar refractivity (Wildman–Crippen MR) is 533 cm³/mol. The molecule has 17 N–H and O–H groups in total. The van der Waals surface area contributed by atoms with E-state index in [4.69, 9.17) is 57.7 Å². The Labute approximate surface area is 856 Å². The SMILES string of the molecule is CC[C@H](C)[C@@H]([C@@H](CC(=O)N1CCC[C@H]1[C@H](OC)[C@@H](C)C(=O)N[C@H](C)[C@@H](OP(=O)(O)OCc1ccc(NC(=O)CNC(=O)[C@H](Cc2ccccc2)NC(=O)CNC(=O)CNC(=O)[C@H](CCCCN)NC(=O)[C@H](CC(=O)N[C@H]2CCOC2=O)NC(=O)CCOCCOCCOCCOCCNC(=O)[C@H](CNC(=O)CCP(=O)(O)O)N2C(=O)C=CC2=O)cc1)c1ccccc1)OC)N(C)C(=O)[C@@H](NC(=O)[C@H](C(C)C)N(C)C)C(C)C. The molecule has 3 aromatic rings. The number of nitrogens with zero attached hydrogens (tertiary/aromatic N) is 4. The maximum Gasteiger partial charge on any atom is 0.473 e. The molecule has 16 atom stereocenters. The van der Waals surface area contributed by atoms with Gasteiger partial charge < -0.3 is 127 Å². The van der Waals surface area contributed by atoms with Crippen molar-refractivity contribution < 1.29 is 148 Å². The summed E-state index contributed by atoms with van der Waals surface area (Å²) < 4.78 is 75.6. The molecule has 0 saturated carbocycles. The molecule has 2 fully saturated rings. The van der Waals surface area contributed by atoms with Crippen molar-refractivity contribution in [2.75, 3.05) is 152 Å². The molecule has 3 aliphatic rings. The lowest BCUT2D eigenvalue weighted by atomic mass is 9.89. The lowest BCUT2D eigenvalue weighted by Gasteiger charge is -2.41. The molecule has 16 amide bonds. The van der Waals surface area contributed by atoms with E-state index in [-0.39, 0.29) is 152 Å². The zero-order valence-corrected chi connectivity index (χ0v) is 87.6. The minimum atomic E-state index is -4.98. The van der Waals surface area contributed by atoms with Gasteiger partial charge in [-0.05, 0) is 106 Å². The maximum absolute atomic E-state index is 14.7. The predicted octanol–water partition coefficient (Wildman–Crippen LogP) is -0.301. The Morgan fingerprint density at radius 1 is 0.571 bits per heavy atom. The normalized spacial score (nSPS) is 17.2. The molecule has 0 bridgehead atoms. The van der Waals surface area contributed by atoms with Crippen LogP contribution in [-0.2, 0) is 146 Å². The van der Waals surface area contributed by atoms with E-state index in [0.717, 1.165) is 12.2 Å². The van der Waals surface area contributed by atoms with E-state index in [0.29, 0.717) is 53.8 Å². The van der Waals surface area contributed by atoms with Crippen LogP contribution in [0.3, 0.4) is 0 Å². The van der Waals surface area contributed by atoms with E-state index in [9.17, 15) is 95.5 Å². The van der Waals surface area contributed by atoms with Crippen molar-refractivity contribution in [1.29, 1.82) is 0 Å². The summed E-state index contributed by atoms with van der Waals surface area (Å²) in [6, 6.07) is 12.6. The van der Waals surface area contributed by atoms with Crippen LogP contribution in [0.5, 0.6) is 0 Å². The minimum Gasteiger partial charge on any atom is -0.464 e. The van der Waals surface area contributed by atoms with Gasteiger partial charge >= 0.3 is 21.4 Å². The number of imide groups is 1. The molecule has 48 nitrogen and oxygen atoms in total. The summed E-state index contributed by atoms with van der Waals surface area (Å²) >= 11 is 0. The van der Waals surface area contributed by atoms with Crippen molar-refractivity contribution in [3.8, 4) is 0 Å². The van der Waals surface area contributed by atoms with Crippen molar-refractivity contribution in [2.45, 2.75) is 218 Å². The number of benzene rings is 3. The summed E-state index contributed by atoms with van der Waals surface area (Å²) in [5, 5.41) is 30.8. The summed E-state index contributed by atoms with van der Waals surface area (Å²) in [6.45, 7) is 12.6. The Balaban J connectivity index is 0.944. The molecule has 1 unspecified atom stereocenters. The number of likely N-dealkylation sites (N-methyl/N-ethyl adjacent to an activating group) is 2. The zero-order chi connectivity index (χ0) is 109. The maximum atomic E-state index is 14.7. The second kappa shape index (κ2) is 64.0. The number of hydrogen-bond acceptors (Lipinski definition) is 30. The van der Waals surface area contributed by atoms with Gasteiger partial charge in [0.25, 0.3) is 11.8 Å². The van der Waals surface area contributed by atoms with E-state index in [1.54, 1.807) is 91.4 Å². The highest BCUT2D eigenvalue weighted by Gasteiger charge is 2.46.